The Kier molecular flexibility index (Phi) is 6.83. The summed E-state index contributed by atoms with van der Waals surface area (Å²) in [5.41, 5.74) is -0.429. The number of hydrogen-bond acceptors (Lipinski definition) is 6. The molecule has 0 saturated carbocycles. The fourth-order valence-corrected chi connectivity index (χ4v) is 4.90. The maximum Gasteiger partial charge on any atom is 0.308 e. The van der Waals surface area contributed by atoms with Gasteiger partial charge in [0.15, 0.2) is 16.4 Å². The lowest BCUT2D eigenvalue weighted by Gasteiger charge is -2.23. The molecule has 0 unspecified atom stereocenters. The maximum atomic E-state index is 11.9. The van der Waals surface area contributed by atoms with E-state index < -0.39 is 33.9 Å². The van der Waals surface area contributed by atoms with Crippen LogP contribution >= 0.6 is 11.6 Å². The molecule has 1 aromatic rings. The molecule has 0 bridgehead atoms. The number of carbonyl (C=O) groups excluding carboxylic acids is 3. The van der Waals surface area contributed by atoms with Gasteiger partial charge in [0, 0.05) is 17.1 Å². The van der Waals surface area contributed by atoms with Crippen LogP contribution in [0.4, 0.5) is 0 Å². The predicted molar refractivity (Wildman–Crippen MR) is 99.2 cm³/mol. The quantitative estimate of drug-likeness (QED) is 0.631. The van der Waals surface area contributed by atoms with Crippen LogP contribution in [0, 0.1) is 0 Å². The van der Waals surface area contributed by atoms with Gasteiger partial charge in [-0.25, -0.2) is 8.42 Å². The molecule has 1 aliphatic rings. The summed E-state index contributed by atoms with van der Waals surface area (Å²) in [4.78, 5) is 35.4. The fraction of sp³-hybridized carbons (Fsp3) is 0.471. The first-order valence-electron chi connectivity index (χ1n) is 8.29. The van der Waals surface area contributed by atoms with Gasteiger partial charge >= 0.3 is 5.97 Å². The van der Waals surface area contributed by atoms with E-state index in [9.17, 15) is 22.8 Å². The Hall–Kier alpha value is -2.13. The Labute approximate surface area is 162 Å². The van der Waals surface area contributed by atoms with Crippen molar-refractivity contribution in [3.8, 4) is 0 Å². The van der Waals surface area contributed by atoms with Gasteiger partial charge in [-0.1, -0.05) is 11.6 Å². The molecule has 2 rings (SSSR count). The molecule has 0 radical (unpaired) electrons. The van der Waals surface area contributed by atoms with E-state index in [0.29, 0.717) is 17.0 Å². The van der Waals surface area contributed by atoms with Gasteiger partial charge in [-0.2, -0.15) is 0 Å². The summed E-state index contributed by atoms with van der Waals surface area (Å²) >= 11 is 5.74. The van der Waals surface area contributed by atoms with E-state index in [4.69, 9.17) is 16.3 Å². The fourth-order valence-electron chi connectivity index (χ4n) is 2.68. The number of carbonyl (C=O) groups is 3. The van der Waals surface area contributed by atoms with Crippen molar-refractivity contribution in [3.05, 3.63) is 34.9 Å². The van der Waals surface area contributed by atoms with E-state index in [1.165, 1.54) is 0 Å². The van der Waals surface area contributed by atoms with Crippen LogP contribution in [0.1, 0.15) is 30.1 Å². The van der Waals surface area contributed by atoms with Crippen LogP contribution in [0.25, 0.3) is 0 Å². The molecule has 1 aromatic carbocycles. The van der Waals surface area contributed by atoms with Gasteiger partial charge in [-0.3, -0.25) is 14.4 Å². The smallest absolute Gasteiger partial charge is 0.308 e. The molecule has 2 amide bonds. The highest BCUT2D eigenvalue weighted by Crippen LogP contribution is 2.22. The first-order chi connectivity index (χ1) is 12.6. The van der Waals surface area contributed by atoms with Crippen molar-refractivity contribution in [3.63, 3.8) is 0 Å². The second kappa shape index (κ2) is 8.71. The number of sulfone groups is 1. The lowest BCUT2D eigenvalue weighted by Crippen LogP contribution is -2.48. The zero-order chi connectivity index (χ0) is 20.1. The topological polar surface area (TPSA) is 119 Å². The minimum atomic E-state index is -3.15. The van der Waals surface area contributed by atoms with E-state index in [-0.39, 0.29) is 30.4 Å². The molecule has 1 atom stereocenters. The number of nitrogens with one attached hydrogen (secondary N) is 2. The van der Waals surface area contributed by atoms with Crippen molar-refractivity contribution in [1.29, 1.82) is 0 Å². The van der Waals surface area contributed by atoms with Crippen LogP contribution in [-0.2, 0) is 24.2 Å². The highest BCUT2D eigenvalue weighted by molar-refractivity contribution is 7.91. The highest BCUT2D eigenvalue weighted by Gasteiger charge is 2.39. The lowest BCUT2D eigenvalue weighted by molar-refractivity contribution is -0.148. The summed E-state index contributed by atoms with van der Waals surface area (Å²) in [5, 5.41) is 5.66. The van der Waals surface area contributed by atoms with E-state index in [2.05, 4.69) is 10.6 Å². The van der Waals surface area contributed by atoms with Crippen molar-refractivity contribution in [2.45, 2.75) is 25.3 Å². The monoisotopic (exact) mass is 416 g/mol. The molecule has 0 aliphatic carbocycles. The Bertz CT molecular complexity index is 824. The number of benzene rings is 1. The molecule has 1 fully saturated rings. The Balaban J connectivity index is 1.66. The van der Waals surface area contributed by atoms with E-state index in [1.54, 1.807) is 31.2 Å². The first-order valence-corrected chi connectivity index (χ1v) is 10.5. The zero-order valence-corrected chi connectivity index (χ0v) is 16.4. The Morgan fingerprint density at radius 1 is 1.22 bits per heavy atom. The number of esters is 1. The number of amides is 2. The standard InChI is InChI=1S/C17H21ClN2O6S/c1-17(7-9-27(24,25)11-17)20-14(21)10-26-15(22)6-8-19-16(23)12-2-4-13(18)5-3-12/h2-5H,6-11H2,1H3,(H,19,23)(H,20,21)/t17-/m1/s1. The predicted octanol–water partition coefficient (Wildman–Crippen LogP) is 0.697. The summed E-state index contributed by atoms with van der Waals surface area (Å²) in [5.74, 6) is -1.67. The average molecular weight is 417 g/mol. The van der Waals surface area contributed by atoms with Crippen LogP contribution in [0.2, 0.25) is 5.02 Å². The SMILES string of the molecule is C[C@@]1(NC(=O)COC(=O)CCNC(=O)c2ccc(Cl)cc2)CCS(=O)(=O)C1. The normalized spacial score (nSPS) is 20.7. The van der Waals surface area contributed by atoms with Gasteiger partial charge in [0.1, 0.15) is 0 Å². The van der Waals surface area contributed by atoms with E-state index in [1.807, 2.05) is 0 Å². The van der Waals surface area contributed by atoms with Crippen molar-refractivity contribution < 1.29 is 27.5 Å². The third-order valence-corrected chi connectivity index (χ3v) is 6.18. The Morgan fingerprint density at radius 2 is 1.89 bits per heavy atom. The summed E-state index contributed by atoms with van der Waals surface area (Å²) in [6.07, 6.45) is 0.226. The number of halogens is 1. The molecule has 0 spiro atoms. The Morgan fingerprint density at radius 3 is 2.48 bits per heavy atom. The molecule has 2 N–H and O–H groups in total. The van der Waals surface area contributed by atoms with Crippen LogP contribution in [0.5, 0.6) is 0 Å². The van der Waals surface area contributed by atoms with Gasteiger partial charge in [0.05, 0.1) is 23.5 Å². The summed E-state index contributed by atoms with van der Waals surface area (Å²) < 4.78 is 27.9. The summed E-state index contributed by atoms with van der Waals surface area (Å²) in [6.45, 7) is 1.20. The molecule has 1 aliphatic heterocycles. The minimum absolute atomic E-state index is 0.0247. The van der Waals surface area contributed by atoms with Crippen LogP contribution < -0.4 is 10.6 Å². The van der Waals surface area contributed by atoms with Crippen molar-refractivity contribution in [1.82, 2.24) is 10.6 Å². The first kappa shape index (κ1) is 21.2. The van der Waals surface area contributed by atoms with Crippen molar-refractivity contribution in [2.75, 3.05) is 24.7 Å². The summed E-state index contributed by atoms with van der Waals surface area (Å²) in [7, 11) is -3.15. The largest absolute Gasteiger partial charge is 0.456 e. The van der Waals surface area contributed by atoms with E-state index in [0.717, 1.165) is 0 Å². The molecule has 1 heterocycles. The molecular weight excluding hydrogens is 396 g/mol. The van der Waals surface area contributed by atoms with Gasteiger partial charge in [-0.15, -0.1) is 0 Å². The lowest BCUT2D eigenvalue weighted by atomic mass is 10.0. The second-order valence-electron chi connectivity index (χ2n) is 6.62. The van der Waals surface area contributed by atoms with Crippen LogP contribution in [0.3, 0.4) is 0 Å². The third kappa shape index (κ3) is 6.84. The van der Waals surface area contributed by atoms with Crippen molar-refractivity contribution >= 4 is 39.2 Å². The van der Waals surface area contributed by atoms with Gasteiger partial charge in [0.2, 0.25) is 0 Å². The van der Waals surface area contributed by atoms with Gasteiger partial charge in [0.25, 0.3) is 11.8 Å². The van der Waals surface area contributed by atoms with Gasteiger partial charge in [-0.05, 0) is 37.6 Å². The third-order valence-electron chi connectivity index (χ3n) is 4.03. The maximum absolute atomic E-state index is 11.9. The molecule has 148 valence electrons. The average Bonchev–Trinajstić information content (AvgIpc) is 2.86. The zero-order valence-electron chi connectivity index (χ0n) is 14.8. The number of rotatable bonds is 7. The number of ether oxygens (including phenoxy) is 1. The molecular formula is C17H21ClN2O6S. The molecule has 10 heteroatoms. The number of hydrogen-bond donors (Lipinski definition) is 2. The second-order valence-corrected chi connectivity index (χ2v) is 9.24. The minimum Gasteiger partial charge on any atom is -0.456 e. The van der Waals surface area contributed by atoms with Crippen molar-refractivity contribution in [2.24, 2.45) is 0 Å². The molecule has 8 nitrogen and oxygen atoms in total. The molecule has 0 aromatic heterocycles. The molecule has 27 heavy (non-hydrogen) atoms. The summed E-state index contributed by atoms with van der Waals surface area (Å²) in [6, 6.07) is 6.28. The highest BCUT2D eigenvalue weighted by atomic mass is 35.5. The van der Waals surface area contributed by atoms with Gasteiger partial charge < -0.3 is 15.4 Å². The van der Waals surface area contributed by atoms with Crippen LogP contribution in [0.15, 0.2) is 24.3 Å². The van der Waals surface area contributed by atoms with Crippen LogP contribution in [-0.4, -0.2) is 56.4 Å². The molecule has 1 saturated heterocycles. The van der Waals surface area contributed by atoms with E-state index >= 15 is 0 Å².